The lowest BCUT2D eigenvalue weighted by molar-refractivity contribution is 0.0285. The summed E-state index contributed by atoms with van der Waals surface area (Å²) in [7, 11) is 0. The van der Waals surface area contributed by atoms with Crippen molar-refractivity contribution < 1.29 is 14.6 Å². The van der Waals surface area contributed by atoms with Gasteiger partial charge in [0.05, 0.1) is 25.4 Å². The van der Waals surface area contributed by atoms with E-state index < -0.39 is 0 Å². The lowest BCUT2D eigenvalue weighted by Gasteiger charge is -2.42. The molecule has 2 fully saturated rings. The number of carbonyl (C=O) groups excluding carboxylic acids is 1. The van der Waals surface area contributed by atoms with Gasteiger partial charge in [-0.2, -0.15) is 0 Å². The second-order valence-electron chi connectivity index (χ2n) is 7.10. The Morgan fingerprint density at radius 1 is 1.28 bits per heavy atom. The average molecular weight is 344 g/mol. The third kappa shape index (κ3) is 3.88. The van der Waals surface area contributed by atoms with Gasteiger partial charge in [0.2, 0.25) is 0 Å². The monoisotopic (exact) mass is 344 g/mol. The maximum absolute atomic E-state index is 13.2. The SMILES string of the molecule is C=CC[C@]1(CO)CCCN(C(=O)c2ccccc2N2CCOCC2)C1. The molecule has 2 saturated heterocycles. The summed E-state index contributed by atoms with van der Waals surface area (Å²) in [5, 5.41) is 9.89. The summed E-state index contributed by atoms with van der Waals surface area (Å²) in [6.45, 7) is 8.24. The molecule has 3 rings (SSSR count). The van der Waals surface area contributed by atoms with Gasteiger partial charge >= 0.3 is 0 Å². The molecule has 0 bridgehead atoms. The standard InChI is InChI=1S/C20H28N2O3/c1-2-8-20(16-23)9-5-10-22(15-20)19(24)17-6-3-4-7-18(17)21-11-13-25-14-12-21/h2-4,6-7,23H,1,5,8-16H2/t20-/m0/s1. The van der Waals surface area contributed by atoms with Crippen LogP contribution < -0.4 is 4.90 Å². The number of amides is 1. The predicted molar refractivity (Wildman–Crippen MR) is 98.9 cm³/mol. The summed E-state index contributed by atoms with van der Waals surface area (Å²) in [6, 6.07) is 7.83. The topological polar surface area (TPSA) is 53.0 Å². The summed E-state index contributed by atoms with van der Waals surface area (Å²) >= 11 is 0. The summed E-state index contributed by atoms with van der Waals surface area (Å²) in [6.07, 6.45) is 4.44. The van der Waals surface area contributed by atoms with Crippen molar-refractivity contribution in [3.63, 3.8) is 0 Å². The van der Waals surface area contributed by atoms with Crippen molar-refractivity contribution in [2.45, 2.75) is 19.3 Å². The average Bonchev–Trinajstić information content (AvgIpc) is 2.68. The van der Waals surface area contributed by atoms with Crippen LogP contribution in [0.15, 0.2) is 36.9 Å². The van der Waals surface area contributed by atoms with Crippen LogP contribution in [-0.4, -0.2) is 61.9 Å². The Balaban J connectivity index is 1.82. The molecule has 5 nitrogen and oxygen atoms in total. The molecule has 0 saturated carbocycles. The highest BCUT2D eigenvalue weighted by Crippen LogP contribution is 2.35. The van der Waals surface area contributed by atoms with E-state index in [2.05, 4.69) is 11.5 Å². The van der Waals surface area contributed by atoms with Crippen LogP contribution in [0, 0.1) is 5.41 Å². The van der Waals surface area contributed by atoms with Crippen molar-refractivity contribution in [2.75, 3.05) is 50.9 Å². The Kier molecular flexibility index (Phi) is 5.76. The number of aliphatic hydroxyl groups excluding tert-OH is 1. The molecule has 0 aromatic heterocycles. The van der Waals surface area contributed by atoms with E-state index >= 15 is 0 Å². The number of allylic oxidation sites excluding steroid dienone is 1. The summed E-state index contributed by atoms with van der Waals surface area (Å²) in [5.41, 5.74) is 1.49. The van der Waals surface area contributed by atoms with E-state index in [1.165, 1.54) is 0 Å². The number of likely N-dealkylation sites (tertiary alicyclic amines) is 1. The minimum absolute atomic E-state index is 0.0590. The number of piperidine rings is 1. The van der Waals surface area contributed by atoms with Gasteiger partial charge in [0, 0.05) is 37.3 Å². The van der Waals surface area contributed by atoms with Gasteiger partial charge in [0.1, 0.15) is 0 Å². The second-order valence-corrected chi connectivity index (χ2v) is 7.10. The van der Waals surface area contributed by atoms with Gasteiger partial charge in [-0.25, -0.2) is 0 Å². The molecule has 0 unspecified atom stereocenters. The summed E-state index contributed by atoms with van der Waals surface area (Å²) in [4.78, 5) is 17.4. The lowest BCUT2D eigenvalue weighted by Crippen LogP contribution is -2.48. The molecule has 1 aromatic rings. The first kappa shape index (κ1) is 18.0. The summed E-state index contributed by atoms with van der Waals surface area (Å²) < 4.78 is 5.43. The first-order valence-corrected chi connectivity index (χ1v) is 9.12. The normalized spacial score (nSPS) is 24.2. The molecular weight excluding hydrogens is 316 g/mol. The molecule has 1 aromatic carbocycles. The fourth-order valence-corrected chi connectivity index (χ4v) is 3.95. The highest BCUT2D eigenvalue weighted by molar-refractivity contribution is 6.00. The number of aliphatic hydroxyl groups is 1. The van der Waals surface area contributed by atoms with Gasteiger partial charge in [-0.05, 0) is 31.4 Å². The van der Waals surface area contributed by atoms with Gasteiger partial charge in [-0.1, -0.05) is 18.2 Å². The molecule has 2 aliphatic rings. The van der Waals surface area contributed by atoms with Crippen LogP contribution in [0.2, 0.25) is 0 Å². The molecule has 136 valence electrons. The molecular formula is C20H28N2O3. The molecule has 5 heteroatoms. The van der Waals surface area contributed by atoms with Crippen molar-refractivity contribution in [1.82, 2.24) is 4.90 Å². The quantitative estimate of drug-likeness (QED) is 0.833. The molecule has 1 atom stereocenters. The second kappa shape index (κ2) is 8.02. The first-order valence-electron chi connectivity index (χ1n) is 9.12. The zero-order valence-electron chi connectivity index (χ0n) is 14.8. The van der Waals surface area contributed by atoms with Crippen molar-refractivity contribution in [1.29, 1.82) is 0 Å². The molecule has 1 amide bonds. The van der Waals surface area contributed by atoms with Crippen LogP contribution in [0.25, 0.3) is 0 Å². The zero-order valence-corrected chi connectivity index (χ0v) is 14.8. The number of hydrogen-bond donors (Lipinski definition) is 1. The van der Waals surface area contributed by atoms with Crippen LogP contribution in [-0.2, 0) is 4.74 Å². The van der Waals surface area contributed by atoms with E-state index in [0.717, 1.165) is 50.1 Å². The predicted octanol–water partition coefficient (Wildman–Crippen LogP) is 2.31. The van der Waals surface area contributed by atoms with Crippen molar-refractivity contribution in [2.24, 2.45) is 5.41 Å². The van der Waals surface area contributed by atoms with Gasteiger partial charge < -0.3 is 19.6 Å². The number of morpholine rings is 1. The smallest absolute Gasteiger partial charge is 0.255 e. The van der Waals surface area contributed by atoms with E-state index in [0.29, 0.717) is 19.8 Å². The number of nitrogens with zero attached hydrogens (tertiary/aromatic N) is 2. The third-order valence-electron chi connectivity index (χ3n) is 5.35. The lowest BCUT2D eigenvalue weighted by atomic mass is 9.77. The molecule has 25 heavy (non-hydrogen) atoms. The van der Waals surface area contributed by atoms with Gasteiger partial charge in [0.15, 0.2) is 0 Å². The van der Waals surface area contributed by atoms with E-state index in [9.17, 15) is 9.90 Å². The number of benzene rings is 1. The van der Waals surface area contributed by atoms with Gasteiger partial charge in [0.25, 0.3) is 5.91 Å². The van der Waals surface area contributed by atoms with E-state index in [4.69, 9.17) is 4.74 Å². The van der Waals surface area contributed by atoms with Crippen LogP contribution in [0.1, 0.15) is 29.6 Å². The number of para-hydroxylation sites is 1. The Morgan fingerprint density at radius 2 is 2.04 bits per heavy atom. The van der Waals surface area contributed by atoms with Crippen LogP contribution in [0.3, 0.4) is 0 Å². The van der Waals surface area contributed by atoms with Crippen LogP contribution in [0.5, 0.6) is 0 Å². The van der Waals surface area contributed by atoms with Gasteiger partial charge in [-0.3, -0.25) is 4.79 Å². The van der Waals surface area contributed by atoms with Crippen molar-refractivity contribution >= 4 is 11.6 Å². The molecule has 2 heterocycles. The fourth-order valence-electron chi connectivity index (χ4n) is 3.95. The van der Waals surface area contributed by atoms with Crippen LogP contribution >= 0.6 is 0 Å². The first-order chi connectivity index (χ1) is 12.2. The number of ether oxygens (including phenoxy) is 1. The third-order valence-corrected chi connectivity index (χ3v) is 5.35. The Bertz CT molecular complexity index is 613. The minimum atomic E-state index is -0.246. The van der Waals surface area contributed by atoms with Crippen LogP contribution in [0.4, 0.5) is 5.69 Å². The number of hydrogen-bond acceptors (Lipinski definition) is 4. The molecule has 0 spiro atoms. The summed E-state index contributed by atoms with van der Waals surface area (Å²) in [5.74, 6) is 0.0590. The Morgan fingerprint density at radius 3 is 2.76 bits per heavy atom. The number of rotatable bonds is 5. The van der Waals surface area contributed by atoms with Crippen molar-refractivity contribution in [3.8, 4) is 0 Å². The maximum atomic E-state index is 13.2. The highest BCUT2D eigenvalue weighted by atomic mass is 16.5. The van der Waals surface area contributed by atoms with E-state index in [1.807, 2.05) is 35.2 Å². The number of anilines is 1. The zero-order chi connectivity index (χ0) is 17.7. The van der Waals surface area contributed by atoms with Gasteiger partial charge in [-0.15, -0.1) is 6.58 Å². The maximum Gasteiger partial charge on any atom is 0.255 e. The molecule has 0 radical (unpaired) electrons. The molecule has 1 N–H and O–H groups in total. The van der Waals surface area contributed by atoms with Crippen molar-refractivity contribution in [3.05, 3.63) is 42.5 Å². The molecule has 2 aliphatic heterocycles. The molecule has 0 aliphatic carbocycles. The van der Waals surface area contributed by atoms with E-state index in [-0.39, 0.29) is 17.9 Å². The largest absolute Gasteiger partial charge is 0.396 e. The Labute approximate surface area is 149 Å². The Hall–Kier alpha value is -1.85. The highest BCUT2D eigenvalue weighted by Gasteiger charge is 2.36. The minimum Gasteiger partial charge on any atom is -0.396 e. The fraction of sp³-hybridized carbons (Fsp3) is 0.550. The number of carbonyl (C=O) groups is 1. The van der Waals surface area contributed by atoms with E-state index in [1.54, 1.807) is 0 Å².